The van der Waals surface area contributed by atoms with Gasteiger partial charge in [0.05, 0.1) is 5.60 Å². The Morgan fingerprint density at radius 3 is 2.20 bits per heavy atom. The molecule has 60 valence electrons. The average molecular weight is 142 g/mol. The SMILES string of the molecule is CC(C)C/C=C\C(C)(C)O. The predicted molar refractivity (Wildman–Crippen MR) is 44.9 cm³/mol. The minimum Gasteiger partial charge on any atom is -0.386 e. The summed E-state index contributed by atoms with van der Waals surface area (Å²) < 4.78 is 0. The maximum atomic E-state index is 9.24. The smallest absolute Gasteiger partial charge is 0.0771 e. The number of allylic oxidation sites excluding steroid dienone is 1. The molecule has 1 nitrogen and oxygen atoms in total. The van der Waals surface area contributed by atoms with Gasteiger partial charge >= 0.3 is 0 Å². The third-order valence-electron chi connectivity index (χ3n) is 1.13. The Kier molecular flexibility index (Phi) is 3.66. The van der Waals surface area contributed by atoms with Gasteiger partial charge in [-0.1, -0.05) is 26.0 Å². The Hall–Kier alpha value is -0.300. The Morgan fingerprint density at radius 2 is 1.90 bits per heavy atom. The lowest BCUT2D eigenvalue weighted by atomic mass is 10.1. The Bertz CT molecular complexity index is 106. The highest BCUT2D eigenvalue weighted by Crippen LogP contribution is 2.06. The van der Waals surface area contributed by atoms with E-state index in [0.717, 1.165) is 6.42 Å². The minimum absolute atomic E-state index is 0.644. The van der Waals surface area contributed by atoms with E-state index in [-0.39, 0.29) is 0 Å². The minimum atomic E-state index is -0.644. The largest absolute Gasteiger partial charge is 0.386 e. The third kappa shape index (κ3) is 7.70. The standard InChI is InChI=1S/C9H18O/c1-8(2)6-5-7-9(3,4)10/h5,7-8,10H,6H2,1-4H3/b7-5-. The van der Waals surface area contributed by atoms with E-state index in [0.29, 0.717) is 5.92 Å². The fraction of sp³-hybridized carbons (Fsp3) is 0.778. The van der Waals surface area contributed by atoms with Gasteiger partial charge in [0.15, 0.2) is 0 Å². The van der Waals surface area contributed by atoms with E-state index in [4.69, 9.17) is 0 Å². The van der Waals surface area contributed by atoms with Gasteiger partial charge in [-0.05, 0) is 26.2 Å². The predicted octanol–water partition coefficient (Wildman–Crippen LogP) is 2.36. The normalized spacial score (nSPS) is 13.4. The summed E-state index contributed by atoms with van der Waals surface area (Å²) in [4.78, 5) is 0. The molecule has 0 aromatic heterocycles. The summed E-state index contributed by atoms with van der Waals surface area (Å²) in [7, 11) is 0. The van der Waals surface area contributed by atoms with Crippen LogP contribution in [0.4, 0.5) is 0 Å². The molecule has 0 amide bonds. The molecule has 1 N–H and O–H groups in total. The second-order valence-electron chi connectivity index (χ2n) is 3.69. The average Bonchev–Trinajstić information content (AvgIpc) is 1.59. The number of rotatable bonds is 3. The molecule has 0 aromatic carbocycles. The summed E-state index contributed by atoms with van der Waals surface area (Å²) in [5, 5.41) is 9.24. The van der Waals surface area contributed by atoms with Crippen LogP contribution < -0.4 is 0 Å². The number of aliphatic hydroxyl groups is 1. The lowest BCUT2D eigenvalue weighted by Gasteiger charge is -2.10. The van der Waals surface area contributed by atoms with Gasteiger partial charge in [-0.2, -0.15) is 0 Å². The summed E-state index contributed by atoms with van der Waals surface area (Å²) in [6.07, 6.45) is 4.92. The van der Waals surface area contributed by atoms with Crippen LogP contribution >= 0.6 is 0 Å². The molecule has 0 spiro atoms. The molecule has 1 heteroatoms. The molecule has 0 unspecified atom stereocenters. The molecule has 0 aliphatic carbocycles. The Balaban J connectivity index is 3.57. The first-order valence-corrected chi connectivity index (χ1v) is 3.82. The summed E-state index contributed by atoms with van der Waals surface area (Å²) in [5.41, 5.74) is -0.644. The summed E-state index contributed by atoms with van der Waals surface area (Å²) in [5.74, 6) is 0.679. The van der Waals surface area contributed by atoms with Crippen molar-refractivity contribution in [2.45, 2.75) is 39.7 Å². The third-order valence-corrected chi connectivity index (χ3v) is 1.13. The van der Waals surface area contributed by atoms with Crippen molar-refractivity contribution in [1.82, 2.24) is 0 Å². The van der Waals surface area contributed by atoms with Crippen LogP contribution in [0, 0.1) is 5.92 Å². The van der Waals surface area contributed by atoms with Crippen LogP contribution in [-0.2, 0) is 0 Å². The molecule has 0 radical (unpaired) electrons. The molecule has 0 aliphatic heterocycles. The van der Waals surface area contributed by atoms with Gasteiger partial charge in [-0.3, -0.25) is 0 Å². The van der Waals surface area contributed by atoms with E-state index < -0.39 is 5.60 Å². The molecule has 0 atom stereocenters. The van der Waals surface area contributed by atoms with Crippen LogP contribution in [0.5, 0.6) is 0 Å². The van der Waals surface area contributed by atoms with Crippen molar-refractivity contribution in [2.24, 2.45) is 5.92 Å². The van der Waals surface area contributed by atoms with Crippen molar-refractivity contribution in [3.8, 4) is 0 Å². The van der Waals surface area contributed by atoms with E-state index in [2.05, 4.69) is 13.8 Å². The molecule has 0 heterocycles. The van der Waals surface area contributed by atoms with Gasteiger partial charge in [0.25, 0.3) is 0 Å². The van der Waals surface area contributed by atoms with Gasteiger partial charge in [0.2, 0.25) is 0 Å². The fourth-order valence-electron chi connectivity index (χ4n) is 0.629. The molecule has 0 bridgehead atoms. The van der Waals surface area contributed by atoms with Gasteiger partial charge in [-0.25, -0.2) is 0 Å². The topological polar surface area (TPSA) is 20.2 Å². The lowest BCUT2D eigenvalue weighted by molar-refractivity contribution is 0.133. The molecule has 0 fully saturated rings. The van der Waals surface area contributed by atoms with Crippen molar-refractivity contribution >= 4 is 0 Å². The maximum absolute atomic E-state index is 9.24. The molecule has 10 heavy (non-hydrogen) atoms. The highest BCUT2D eigenvalue weighted by molar-refractivity contribution is 4.95. The number of hydrogen-bond donors (Lipinski definition) is 1. The highest BCUT2D eigenvalue weighted by Gasteiger charge is 2.04. The van der Waals surface area contributed by atoms with Crippen LogP contribution in [0.2, 0.25) is 0 Å². The second-order valence-corrected chi connectivity index (χ2v) is 3.69. The molecule has 0 aliphatic rings. The van der Waals surface area contributed by atoms with Crippen LogP contribution in [0.25, 0.3) is 0 Å². The fourth-order valence-corrected chi connectivity index (χ4v) is 0.629. The molecule has 0 saturated carbocycles. The highest BCUT2D eigenvalue weighted by atomic mass is 16.3. The van der Waals surface area contributed by atoms with Crippen LogP contribution in [0.1, 0.15) is 34.1 Å². The summed E-state index contributed by atoms with van der Waals surface area (Å²) in [6, 6.07) is 0. The van der Waals surface area contributed by atoms with Crippen LogP contribution in [-0.4, -0.2) is 10.7 Å². The van der Waals surface area contributed by atoms with Gasteiger partial charge in [0.1, 0.15) is 0 Å². The van der Waals surface area contributed by atoms with Crippen LogP contribution in [0.3, 0.4) is 0 Å². The van der Waals surface area contributed by atoms with E-state index in [9.17, 15) is 5.11 Å². The maximum Gasteiger partial charge on any atom is 0.0771 e. The second kappa shape index (κ2) is 3.77. The molecular weight excluding hydrogens is 124 g/mol. The van der Waals surface area contributed by atoms with Crippen LogP contribution in [0.15, 0.2) is 12.2 Å². The van der Waals surface area contributed by atoms with E-state index >= 15 is 0 Å². The summed E-state index contributed by atoms with van der Waals surface area (Å²) in [6.45, 7) is 7.89. The number of hydrogen-bond acceptors (Lipinski definition) is 1. The van der Waals surface area contributed by atoms with Crippen molar-refractivity contribution in [1.29, 1.82) is 0 Å². The summed E-state index contributed by atoms with van der Waals surface area (Å²) >= 11 is 0. The first-order chi connectivity index (χ1) is 4.42. The first-order valence-electron chi connectivity index (χ1n) is 3.82. The monoisotopic (exact) mass is 142 g/mol. The first kappa shape index (κ1) is 9.70. The van der Waals surface area contributed by atoms with E-state index in [1.807, 2.05) is 12.2 Å². The lowest BCUT2D eigenvalue weighted by Crippen LogP contribution is -2.13. The van der Waals surface area contributed by atoms with Gasteiger partial charge in [0, 0.05) is 0 Å². The van der Waals surface area contributed by atoms with E-state index in [1.165, 1.54) is 0 Å². The van der Waals surface area contributed by atoms with Gasteiger partial charge < -0.3 is 5.11 Å². The zero-order chi connectivity index (χ0) is 8.20. The molecule has 0 aromatic rings. The van der Waals surface area contributed by atoms with Crippen molar-refractivity contribution in [3.63, 3.8) is 0 Å². The Morgan fingerprint density at radius 1 is 1.40 bits per heavy atom. The molecule has 0 rings (SSSR count). The molecular formula is C9H18O. The quantitative estimate of drug-likeness (QED) is 0.600. The van der Waals surface area contributed by atoms with E-state index in [1.54, 1.807) is 13.8 Å². The Labute approximate surface area is 63.8 Å². The van der Waals surface area contributed by atoms with Crippen molar-refractivity contribution in [3.05, 3.63) is 12.2 Å². The van der Waals surface area contributed by atoms with Gasteiger partial charge in [-0.15, -0.1) is 0 Å². The zero-order valence-corrected chi connectivity index (χ0v) is 7.39. The van der Waals surface area contributed by atoms with Crippen molar-refractivity contribution in [2.75, 3.05) is 0 Å². The molecule has 0 saturated heterocycles. The zero-order valence-electron chi connectivity index (χ0n) is 7.39. The van der Waals surface area contributed by atoms with Crippen molar-refractivity contribution < 1.29 is 5.11 Å².